The molecule has 0 aliphatic rings. The molecule has 0 aromatic carbocycles. The molecule has 3 unspecified atom stereocenters. The van der Waals surface area contributed by atoms with Crippen LogP contribution in [0, 0.1) is 11.8 Å². The lowest BCUT2D eigenvalue weighted by atomic mass is 9.99. The first-order valence-corrected chi connectivity index (χ1v) is 45.8. The number of phosphoric ester groups is 2. The summed E-state index contributed by atoms with van der Waals surface area (Å²) in [7, 11) is -9.94. The van der Waals surface area contributed by atoms with Gasteiger partial charge in [0.15, 0.2) is 12.2 Å². The summed E-state index contributed by atoms with van der Waals surface area (Å²) >= 11 is 0. The number of hydrogen-bond donors (Lipinski definition) is 3. The SMILES string of the molecule is CCCCCC/C=C\C=C/CCCCCCCC(=O)OC[C@H](COP(=O)(O)OC[C@@H](O)COP(=O)(O)OC[C@@H](COC(=O)CCCCCCCCCCCCCCC)OC(=O)CCCCCCCCCCCCC(C)CC)OC(=O)CCCCCCCCCCCCCCCCCCCCC(C)C. The molecule has 0 aliphatic carbocycles. The van der Waals surface area contributed by atoms with Gasteiger partial charge in [-0.25, -0.2) is 9.13 Å². The number of hydrogen-bond acceptors (Lipinski definition) is 15. The lowest BCUT2D eigenvalue weighted by molar-refractivity contribution is -0.161. The smallest absolute Gasteiger partial charge is 0.462 e. The number of ether oxygens (including phenoxy) is 4. The topological polar surface area (TPSA) is 237 Å². The van der Waals surface area contributed by atoms with Crippen molar-refractivity contribution >= 4 is 39.5 Å². The Labute approximate surface area is 631 Å². The van der Waals surface area contributed by atoms with Crippen LogP contribution >= 0.6 is 15.6 Å². The van der Waals surface area contributed by atoms with E-state index in [4.69, 9.17) is 37.0 Å². The van der Waals surface area contributed by atoms with Crippen molar-refractivity contribution in [3.05, 3.63) is 24.3 Å². The van der Waals surface area contributed by atoms with Gasteiger partial charge in [-0.2, -0.15) is 0 Å². The van der Waals surface area contributed by atoms with Crippen molar-refractivity contribution in [1.82, 2.24) is 0 Å². The zero-order chi connectivity index (χ0) is 75.6. The second-order valence-corrected chi connectivity index (χ2v) is 33.2. The highest BCUT2D eigenvalue weighted by atomic mass is 31.2. The molecule has 0 fully saturated rings. The van der Waals surface area contributed by atoms with Crippen LogP contribution in [0.4, 0.5) is 0 Å². The Bertz CT molecular complexity index is 2070. The van der Waals surface area contributed by atoms with Gasteiger partial charge in [0.2, 0.25) is 0 Å². The molecule has 103 heavy (non-hydrogen) atoms. The van der Waals surface area contributed by atoms with Crippen molar-refractivity contribution in [2.75, 3.05) is 39.6 Å². The van der Waals surface area contributed by atoms with Crippen LogP contribution in [0.3, 0.4) is 0 Å². The first-order valence-electron chi connectivity index (χ1n) is 42.8. The van der Waals surface area contributed by atoms with Crippen molar-refractivity contribution < 1.29 is 80.2 Å². The Balaban J connectivity index is 5.28. The summed E-state index contributed by atoms with van der Waals surface area (Å²) in [6.07, 6.45) is 68.7. The van der Waals surface area contributed by atoms with Gasteiger partial charge in [0.1, 0.15) is 19.3 Å². The molecule has 0 saturated carbocycles. The van der Waals surface area contributed by atoms with Gasteiger partial charge in [-0.3, -0.25) is 37.3 Å². The van der Waals surface area contributed by atoms with Crippen molar-refractivity contribution in [2.45, 2.75) is 439 Å². The molecule has 6 atom stereocenters. The van der Waals surface area contributed by atoms with Crippen molar-refractivity contribution in [3.8, 4) is 0 Å². The van der Waals surface area contributed by atoms with E-state index in [2.05, 4.69) is 65.8 Å². The second kappa shape index (κ2) is 75.0. The zero-order valence-corrected chi connectivity index (χ0v) is 68.9. The molecule has 0 bridgehead atoms. The Morgan fingerprint density at radius 1 is 0.320 bits per heavy atom. The summed E-state index contributed by atoms with van der Waals surface area (Å²) in [5.41, 5.74) is 0. The quantitative estimate of drug-likeness (QED) is 0.0169. The molecule has 0 saturated heterocycles. The summed E-state index contributed by atoms with van der Waals surface area (Å²) in [6.45, 7) is 9.65. The second-order valence-electron chi connectivity index (χ2n) is 30.3. The fourth-order valence-corrected chi connectivity index (χ4v) is 14.1. The van der Waals surface area contributed by atoms with E-state index in [1.54, 1.807) is 0 Å². The van der Waals surface area contributed by atoms with E-state index in [0.717, 1.165) is 121 Å². The molecule has 0 aromatic heterocycles. The maximum atomic E-state index is 13.1. The number of carbonyl (C=O) groups is 4. The van der Waals surface area contributed by atoms with Gasteiger partial charge in [-0.05, 0) is 63.2 Å². The number of unbranched alkanes of at least 4 members (excludes halogenated alkanes) is 47. The van der Waals surface area contributed by atoms with Gasteiger partial charge in [-0.15, -0.1) is 0 Å². The number of aliphatic hydroxyl groups excluding tert-OH is 1. The van der Waals surface area contributed by atoms with Gasteiger partial charge in [0.25, 0.3) is 0 Å². The normalized spacial score (nSPS) is 14.3. The summed E-state index contributed by atoms with van der Waals surface area (Å²) in [6, 6.07) is 0. The highest BCUT2D eigenvalue weighted by molar-refractivity contribution is 7.47. The summed E-state index contributed by atoms with van der Waals surface area (Å²) in [4.78, 5) is 73.1. The average Bonchev–Trinajstić information content (AvgIpc) is 0.919. The van der Waals surface area contributed by atoms with Gasteiger partial charge < -0.3 is 33.8 Å². The lowest BCUT2D eigenvalue weighted by Gasteiger charge is -2.21. The molecule has 17 nitrogen and oxygen atoms in total. The third-order valence-corrected chi connectivity index (χ3v) is 21.3. The van der Waals surface area contributed by atoms with Gasteiger partial charge in [0, 0.05) is 25.7 Å². The molecule has 0 radical (unpaired) electrons. The Hall–Kier alpha value is -2.46. The predicted octanol–water partition coefficient (Wildman–Crippen LogP) is 25.0. The van der Waals surface area contributed by atoms with E-state index in [0.29, 0.717) is 25.7 Å². The largest absolute Gasteiger partial charge is 0.472 e. The third kappa shape index (κ3) is 76.1. The minimum Gasteiger partial charge on any atom is -0.462 e. The predicted molar refractivity (Wildman–Crippen MR) is 423 cm³/mol. The van der Waals surface area contributed by atoms with E-state index in [1.807, 2.05) is 0 Å². The maximum absolute atomic E-state index is 13.1. The molecule has 0 amide bonds. The van der Waals surface area contributed by atoms with Crippen molar-refractivity contribution in [2.24, 2.45) is 11.8 Å². The summed E-state index contributed by atoms with van der Waals surface area (Å²) < 4.78 is 68.8. The van der Waals surface area contributed by atoms with Crippen LogP contribution in [0.2, 0.25) is 0 Å². The summed E-state index contributed by atoms with van der Waals surface area (Å²) in [5, 5.41) is 10.7. The van der Waals surface area contributed by atoms with Gasteiger partial charge >= 0.3 is 39.5 Å². The average molecular weight is 1500 g/mol. The zero-order valence-electron chi connectivity index (χ0n) is 67.1. The number of esters is 4. The van der Waals surface area contributed by atoms with Crippen LogP contribution in [-0.4, -0.2) is 96.7 Å². The van der Waals surface area contributed by atoms with Crippen LogP contribution < -0.4 is 0 Å². The van der Waals surface area contributed by atoms with Gasteiger partial charge in [-0.1, -0.05) is 368 Å². The number of rotatable bonds is 81. The fourth-order valence-electron chi connectivity index (χ4n) is 12.5. The van der Waals surface area contributed by atoms with Crippen LogP contribution in [-0.2, 0) is 65.4 Å². The Kier molecular flexibility index (Phi) is 73.2. The first-order chi connectivity index (χ1) is 49.9. The van der Waals surface area contributed by atoms with Crippen LogP contribution in [0.1, 0.15) is 420 Å². The van der Waals surface area contributed by atoms with Crippen LogP contribution in [0.5, 0.6) is 0 Å². The molecule has 0 spiro atoms. The van der Waals surface area contributed by atoms with Crippen molar-refractivity contribution in [3.63, 3.8) is 0 Å². The molecule has 19 heteroatoms. The van der Waals surface area contributed by atoms with E-state index in [1.165, 1.54) is 218 Å². The van der Waals surface area contributed by atoms with Crippen LogP contribution in [0.25, 0.3) is 0 Å². The highest BCUT2D eigenvalue weighted by Crippen LogP contribution is 2.45. The molecule has 0 heterocycles. The molecule has 3 N–H and O–H groups in total. The van der Waals surface area contributed by atoms with E-state index in [9.17, 15) is 43.2 Å². The molecular weight excluding hydrogens is 1340 g/mol. The number of allylic oxidation sites excluding steroid dienone is 4. The standard InChI is InChI=1S/C84H160O17P2/c1-7-10-12-14-16-18-20-22-27-32-36-43-49-55-61-67-82(87)95-72-79(100-83(88)68-62-56-50-44-37-33-29-26-24-23-25-28-31-34-40-46-52-58-64-76(4)5)74-98-102(90,91)96-70-78(85)71-97-103(92,93)99-75-80(73-94-81(86)66-60-54-48-42-35-30-21-19-17-15-13-11-8-2)101-84(89)69-63-57-51-45-39-38-41-47-53-59-65-77(6)9-3/h18,20,22,27,76-80,85H,7-17,19,21,23-26,28-75H2,1-6H3,(H,90,91)(H,92,93)/b20-18-,27-22-/t77?,78-,79-,80-/m1/s1. The van der Waals surface area contributed by atoms with E-state index >= 15 is 0 Å². The minimum atomic E-state index is -4.97. The first kappa shape index (κ1) is 101. The monoisotopic (exact) mass is 1500 g/mol. The number of phosphoric acid groups is 2. The molecule has 608 valence electrons. The number of carbonyl (C=O) groups excluding carboxylic acids is 4. The minimum absolute atomic E-state index is 0.101. The molecule has 0 aliphatic heterocycles. The fraction of sp³-hybridized carbons (Fsp3) is 0.905. The van der Waals surface area contributed by atoms with Crippen LogP contribution in [0.15, 0.2) is 24.3 Å². The highest BCUT2D eigenvalue weighted by Gasteiger charge is 2.30. The summed E-state index contributed by atoms with van der Waals surface area (Å²) in [5.74, 6) is -0.514. The maximum Gasteiger partial charge on any atom is 0.472 e. The number of aliphatic hydroxyl groups is 1. The Morgan fingerprint density at radius 2 is 0.573 bits per heavy atom. The molecule has 0 aromatic rings. The van der Waals surface area contributed by atoms with E-state index in [-0.39, 0.29) is 25.7 Å². The Morgan fingerprint density at radius 3 is 0.874 bits per heavy atom. The van der Waals surface area contributed by atoms with Crippen molar-refractivity contribution in [1.29, 1.82) is 0 Å². The van der Waals surface area contributed by atoms with E-state index < -0.39 is 97.5 Å². The lowest BCUT2D eigenvalue weighted by Crippen LogP contribution is -2.30. The third-order valence-electron chi connectivity index (χ3n) is 19.4. The molecule has 0 rings (SSSR count). The van der Waals surface area contributed by atoms with Gasteiger partial charge in [0.05, 0.1) is 26.4 Å². The molecular formula is C84H160O17P2.